The summed E-state index contributed by atoms with van der Waals surface area (Å²) in [6.45, 7) is 3.92. The molecule has 164 valence electrons. The van der Waals surface area contributed by atoms with Gasteiger partial charge in [0.2, 0.25) is 21.8 Å². The Morgan fingerprint density at radius 1 is 1.13 bits per heavy atom. The molecule has 2 amide bonds. The van der Waals surface area contributed by atoms with Crippen LogP contribution in [0.15, 0.2) is 47.4 Å². The van der Waals surface area contributed by atoms with Gasteiger partial charge in [-0.2, -0.15) is 0 Å². The quantitative estimate of drug-likeness (QED) is 0.691. The molecule has 1 saturated carbocycles. The van der Waals surface area contributed by atoms with Crippen molar-refractivity contribution in [2.45, 2.75) is 50.5 Å². The van der Waals surface area contributed by atoms with Crippen LogP contribution in [0.25, 0.3) is 0 Å². The largest absolute Gasteiger partial charge is 0.326 e. The van der Waals surface area contributed by atoms with Gasteiger partial charge in [0.05, 0.1) is 4.90 Å². The Balaban J connectivity index is 1.37. The Labute approximate surface area is 182 Å². The summed E-state index contributed by atoms with van der Waals surface area (Å²) in [7, 11) is -3.75. The SMILES string of the molecule is Cc1cccc(NC(=O)CCNS(=O)(=O)c2ccc3c(c2)C[C@@H](C)N3C(=O)C2CC2)c1. The van der Waals surface area contributed by atoms with Gasteiger partial charge in [-0.05, 0) is 74.6 Å². The standard InChI is InChI=1S/C23H27N3O4S/c1-15-4-3-5-19(12-15)25-22(27)10-11-24-31(29,30)20-8-9-21-18(14-20)13-16(2)26(21)23(28)17-6-7-17/h3-5,8-9,12,14,16-17,24H,6-7,10-11,13H2,1-2H3,(H,25,27)/t16-/m1/s1. The summed E-state index contributed by atoms with van der Waals surface area (Å²) in [5.41, 5.74) is 3.38. The number of nitrogens with zero attached hydrogens (tertiary/aromatic N) is 1. The lowest BCUT2D eigenvalue weighted by atomic mass is 10.1. The summed E-state index contributed by atoms with van der Waals surface area (Å²) in [4.78, 5) is 26.7. The fourth-order valence-corrected chi connectivity index (χ4v) is 5.05. The van der Waals surface area contributed by atoms with Crippen LogP contribution in [0.4, 0.5) is 11.4 Å². The maximum atomic E-state index is 12.7. The predicted molar refractivity (Wildman–Crippen MR) is 119 cm³/mol. The summed E-state index contributed by atoms with van der Waals surface area (Å²) in [5, 5.41) is 2.77. The van der Waals surface area contributed by atoms with Gasteiger partial charge in [-0.25, -0.2) is 13.1 Å². The minimum absolute atomic E-state index is 0.000237. The highest BCUT2D eigenvalue weighted by Gasteiger charge is 2.39. The van der Waals surface area contributed by atoms with Crippen LogP contribution in [0, 0.1) is 12.8 Å². The van der Waals surface area contributed by atoms with Crippen LogP contribution >= 0.6 is 0 Å². The van der Waals surface area contributed by atoms with E-state index in [1.807, 2.05) is 36.9 Å². The lowest BCUT2D eigenvalue weighted by molar-refractivity contribution is -0.120. The van der Waals surface area contributed by atoms with Crippen molar-refractivity contribution in [1.29, 1.82) is 0 Å². The number of sulfonamides is 1. The molecule has 7 nitrogen and oxygen atoms in total. The van der Waals surface area contributed by atoms with Gasteiger partial charge in [0.1, 0.15) is 0 Å². The third-order valence-electron chi connectivity index (χ3n) is 5.69. The topological polar surface area (TPSA) is 95.6 Å². The number of carbonyl (C=O) groups excluding carboxylic acids is 2. The summed E-state index contributed by atoms with van der Waals surface area (Å²) in [5.74, 6) is -0.00524. The van der Waals surface area contributed by atoms with Gasteiger partial charge >= 0.3 is 0 Å². The van der Waals surface area contributed by atoms with Crippen molar-refractivity contribution in [1.82, 2.24) is 4.72 Å². The molecule has 1 fully saturated rings. The molecule has 2 aromatic rings. The molecule has 2 aromatic carbocycles. The van der Waals surface area contributed by atoms with E-state index in [4.69, 9.17) is 0 Å². The lowest BCUT2D eigenvalue weighted by Gasteiger charge is -2.22. The van der Waals surface area contributed by atoms with Gasteiger partial charge in [-0.15, -0.1) is 0 Å². The van der Waals surface area contributed by atoms with Gasteiger partial charge in [-0.1, -0.05) is 12.1 Å². The number of rotatable bonds is 7. The second kappa shape index (κ2) is 8.43. The van der Waals surface area contributed by atoms with E-state index in [0.29, 0.717) is 12.1 Å². The smallest absolute Gasteiger partial charge is 0.240 e. The van der Waals surface area contributed by atoms with E-state index in [9.17, 15) is 18.0 Å². The van der Waals surface area contributed by atoms with E-state index >= 15 is 0 Å². The highest BCUT2D eigenvalue weighted by atomic mass is 32.2. The zero-order valence-corrected chi connectivity index (χ0v) is 18.5. The molecular formula is C23H27N3O4S. The van der Waals surface area contributed by atoms with E-state index in [-0.39, 0.29) is 41.6 Å². The molecule has 8 heteroatoms. The van der Waals surface area contributed by atoms with Crippen molar-refractivity contribution >= 4 is 33.2 Å². The van der Waals surface area contributed by atoms with Crippen molar-refractivity contribution in [2.75, 3.05) is 16.8 Å². The number of hydrogen-bond acceptors (Lipinski definition) is 4. The molecule has 1 atom stereocenters. The second-order valence-corrected chi connectivity index (χ2v) is 10.2. The molecule has 0 spiro atoms. The minimum Gasteiger partial charge on any atom is -0.326 e. The number of anilines is 2. The van der Waals surface area contributed by atoms with Crippen LogP contribution < -0.4 is 14.9 Å². The average molecular weight is 442 g/mol. The molecule has 2 aliphatic rings. The molecule has 1 heterocycles. The Hall–Kier alpha value is -2.71. The maximum absolute atomic E-state index is 12.7. The Morgan fingerprint density at radius 3 is 2.61 bits per heavy atom. The average Bonchev–Trinajstić information content (AvgIpc) is 3.49. The van der Waals surface area contributed by atoms with Crippen LogP contribution in [0.3, 0.4) is 0 Å². The number of carbonyl (C=O) groups is 2. The van der Waals surface area contributed by atoms with E-state index in [1.165, 1.54) is 6.07 Å². The first-order valence-electron chi connectivity index (χ1n) is 10.6. The third kappa shape index (κ3) is 4.80. The van der Waals surface area contributed by atoms with Crippen molar-refractivity contribution in [3.63, 3.8) is 0 Å². The Morgan fingerprint density at radius 2 is 1.90 bits per heavy atom. The zero-order valence-electron chi connectivity index (χ0n) is 17.7. The van der Waals surface area contributed by atoms with Gasteiger partial charge in [0, 0.05) is 36.3 Å². The van der Waals surface area contributed by atoms with Gasteiger partial charge in [0.25, 0.3) is 0 Å². The van der Waals surface area contributed by atoms with E-state index in [1.54, 1.807) is 18.2 Å². The molecule has 1 aliphatic carbocycles. The molecule has 0 saturated heterocycles. The van der Waals surface area contributed by atoms with Crippen LogP contribution in [0.1, 0.15) is 37.3 Å². The van der Waals surface area contributed by atoms with E-state index in [2.05, 4.69) is 10.0 Å². The fraction of sp³-hybridized carbons (Fsp3) is 0.391. The van der Waals surface area contributed by atoms with Crippen molar-refractivity contribution in [2.24, 2.45) is 5.92 Å². The minimum atomic E-state index is -3.75. The number of fused-ring (bicyclic) bond motifs is 1. The fourth-order valence-electron chi connectivity index (χ4n) is 3.97. The van der Waals surface area contributed by atoms with Crippen LogP contribution in [-0.2, 0) is 26.0 Å². The molecule has 0 unspecified atom stereocenters. The number of benzene rings is 2. The van der Waals surface area contributed by atoms with Crippen LogP contribution in [0.2, 0.25) is 0 Å². The Kier molecular flexibility index (Phi) is 5.85. The maximum Gasteiger partial charge on any atom is 0.240 e. The molecule has 0 radical (unpaired) electrons. The first-order chi connectivity index (χ1) is 14.7. The highest BCUT2D eigenvalue weighted by molar-refractivity contribution is 7.89. The number of aryl methyl sites for hydroxylation is 1. The second-order valence-electron chi connectivity index (χ2n) is 8.39. The lowest BCUT2D eigenvalue weighted by Crippen LogP contribution is -2.36. The number of hydrogen-bond donors (Lipinski definition) is 2. The predicted octanol–water partition coefficient (Wildman–Crippen LogP) is 2.99. The Bertz CT molecular complexity index is 1130. The molecule has 31 heavy (non-hydrogen) atoms. The molecule has 4 rings (SSSR count). The summed E-state index contributed by atoms with van der Waals surface area (Å²) < 4.78 is 27.9. The molecule has 0 aromatic heterocycles. The number of nitrogens with one attached hydrogen (secondary N) is 2. The van der Waals surface area contributed by atoms with Crippen molar-refractivity contribution in [3.05, 3.63) is 53.6 Å². The zero-order chi connectivity index (χ0) is 22.2. The van der Waals surface area contributed by atoms with Crippen LogP contribution in [-0.4, -0.2) is 32.8 Å². The third-order valence-corrected chi connectivity index (χ3v) is 7.15. The normalized spacial score (nSPS) is 18.0. The first kappa shape index (κ1) is 21.5. The summed E-state index contributed by atoms with van der Waals surface area (Å²) in [6, 6.07) is 12.3. The highest BCUT2D eigenvalue weighted by Crippen LogP contribution is 2.39. The van der Waals surface area contributed by atoms with Crippen molar-refractivity contribution < 1.29 is 18.0 Å². The van der Waals surface area contributed by atoms with Crippen LogP contribution in [0.5, 0.6) is 0 Å². The van der Waals surface area contributed by atoms with E-state index < -0.39 is 10.0 Å². The molecule has 0 bridgehead atoms. The molecule has 2 N–H and O–H groups in total. The van der Waals surface area contributed by atoms with E-state index in [0.717, 1.165) is 29.7 Å². The molecule has 1 aliphatic heterocycles. The summed E-state index contributed by atoms with van der Waals surface area (Å²) in [6.07, 6.45) is 2.53. The van der Waals surface area contributed by atoms with Gasteiger partial charge in [0.15, 0.2) is 0 Å². The number of amides is 2. The molecular weight excluding hydrogens is 414 g/mol. The van der Waals surface area contributed by atoms with Gasteiger partial charge < -0.3 is 10.2 Å². The monoisotopic (exact) mass is 441 g/mol. The first-order valence-corrected chi connectivity index (χ1v) is 12.0. The summed E-state index contributed by atoms with van der Waals surface area (Å²) >= 11 is 0. The van der Waals surface area contributed by atoms with Gasteiger partial charge in [-0.3, -0.25) is 9.59 Å². The van der Waals surface area contributed by atoms with Crippen molar-refractivity contribution in [3.8, 4) is 0 Å².